The normalized spacial score (nSPS) is 33.9. The monoisotopic (exact) mass is 664 g/mol. The molecule has 5 rings (SSSR count). The van der Waals surface area contributed by atoms with E-state index in [4.69, 9.17) is 23.7 Å². The van der Waals surface area contributed by atoms with Gasteiger partial charge in [0.2, 0.25) is 12.0 Å². The van der Waals surface area contributed by atoms with Crippen LogP contribution in [0.4, 0.5) is 0 Å². The molecule has 2 saturated heterocycles. The molecule has 0 saturated carbocycles. The van der Waals surface area contributed by atoms with E-state index in [1.54, 1.807) is 18.2 Å². The number of hydrogen-bond donors (Lipinski definition) is 9. The van der Waals surface area contributed by atoms with Gasteiger partial charge in [-0.05, 0) is 44.9 Å². The lowest BCUT2D eigenvalue weighted by Gasteiger charge is -2.42. The van der Waals surface area contributed by atoms with Crippen molar-refractivity contribution in [3.05, 3.63) is 52.6 Å². The first-order valence-electron chi connectivity index (χ1n) is 15.1. The summed E-state index contributed by atoms with van der Waals surface area (Å²) in [5.74, 6) is -2.76. The molecule has 0 aromatic heterocycles. The van der Waals surface area contributed by atoms with Crippen molar-refractivity contribution in [1.82, 2.24) is 0 Å². The van der Waals surface area contributed by atoms with Crippen LogP contribution >= 0.6 is 0 Å². The lowest BCUT2D eigenvalue weighted by Crippen LogP contribution is -2.61. The number of phenolic OH excluding ortho intramolecular Hbond substituents is 3. The van der Waals surface area contributed by atoms with Crippen LogP contribution in [0.25, 0.3) is 0 Å². The number of Topliss-reactive ketones (excluding diaryl/α,β-unsaturated/α-hetero) is 1. The number of aromatic hydroxyl groups is 3. The molecule has 47 heavy (non-hydrogen) atoms. The van der Waals surface area contributed by atoms with Crippen molar-refractivity contribution in [2.75, 3.05) is 6.61 Å². The molecule has 0 bridgehead atoms. The van der Waals surface area contributed by atoms with E-state index in [1.165, 1.54) is 19.1 Å². The highest BCUT2D eigenvalue weighted by molar-refractivity contribution is 6.04. The molecule has 0 spiro atoms. The van der Waals surface area contributed by atoms with Gasteiger partial charge >= 0.3 is 0 Å². The molecule has 1 unspecified atom stereocenters. The molecule has 2 fully saturated rings. The van der Waals surface area contributed by atoms with Crippen LogP contribution in [-0.2, 0) is 20.6 Å². The maximum Gasteiger partial charge on any atom is 0.229 e. The van der Waals surface area contributed by atoms with Crippen LogP contribution in [0.1, 0.15) is 54.8 Å². The van der Waals surface area contributed by atoms with E-state index in [0.717, 1.165) is 5.57 Å². The minimum atomic E-state index is -1.93. The highest BCUT2D eigenvalue weighted by Crippen LogP contribution is 2.52. The number of allylic oxidation sites excluding steroid dienone is 2. The predicted octanol–water partition coefficient (Wildman–Crippen LogP) is 0.0491. The first-order valence-corrected chi connectivity index (χ1v) is 15.1. The third-order valence-corrected chi connectivity index (χ3v) is 8.48. The standard InChI is InChI=1S/C32H40O15/c1-12(2)4-9-16-22(36)26(40)30(20-17(34)10-18(45-29(16)20)14-5-7-15(33)8-6-14)47-32-28(42)25(39)23(37)19(46-32)11-43-31-27(41)24(38)21(35)13(3)44-31/h4-8,13,18-19,21,23-25,27-28,31-33,35-42H,9-11H2,1-3H3/t13-,18?,19+,21-,23+,24+,25-,27+,28+,31+,32-/m0/s1. The lowest BCUT2D eigenvalue weighted by atomic mass is 9.91. The van der Waals surface area contributed by atoms with Crippen molar-refractivity contribution in [1.29, 1.82) is 0 Å². The van der Waals surface area contributed by atoms with E-state index >= 15 is 0 Å². The number of ether oxygens (including phenoxy) is 5. The largest absolute Gasteiger partial charge is 0.508 e. The van der Waals surface area contributed by atoms with Crippen LogP contribution in [0.5, 0.6) is 28.7 Å². The average molecular weight is 665 g/mol. The van der Waals surface area contributed by atoms with Crippen molar-refractivity contribution in [3.8, 4) is 28.7 Å². The van der Waals surface area contributed by atoms with Gasteiger partial charge in [-0.3, -0.25) is 4.79 Å². The van der Waals surface area contributed by atoms with Gasteiger partial charge in [-0.15, -0.1) is 0 Å². The van der Waals surface area contributed by atoms with Crippen molar-refractivity contribution >= 4 is 5.78 Å². The SMILES string of the molecule is CC(C)=CCc1c(O)c(O)c(O[C@@H]2O[C@H](CO[C@@H]3O[C@@H](C)[C@H](O)[C@@H](O)[C@H]3O)[C@@H](O)[C@H](O)[C@H]2O)c2c1OC(c1ccc(O)cc1)CC2=O. The Balaban J connectivity index is 1.45. The molecule has 0 aliphatic carbocycles. The quantitative estimate of drug-likeness (QED) is 0.134. The summed E-state index contributed by atoms with van der Waals surface area (Å²) in [7, 11) is 0. The fourth-order valence-corrected chi connectivity index (χ4v) is 5.66. The number of fused-ring (bicyclic) bond motifs is 1. The Kier molecular flexibility index (Phi) is 10.3. The molecule has 15 heteroatoms. The lowest BCUT2D eigenvalue weighted by molar-refractivity contribution is -0.318. The first-order chi connectivity index (χ1) is 22.2. The molecule has 2 aromatic carbocycles. The average Bonchev–Trinajstić information content (AvgIpc) is 3.03. The molecule has 258 valence electrons. The van der Waals surface area contributed by atoms with Crippen molar-refractivity contribution in [3.63, 3.8) is 0 Å². The zero-order valence-electron chi connectivity index (χ0n) is 25.8. The van der Waals surface area contributed by atoms with Gasteiger partial charge in [0.1, 0.15) is 65.9 Å². The number of carbonyl (C=O) groups is 1. The molecule has 11 atom stereocenters. The molecule has 0 radical (unpaired) electrons. The van der Waals surface area contributed by atoms with Gasteiger partial charge in [0.05, 0.1) is 19.1 Å². The van der Waals surface area contributed by atoms with Crippen molar-refractivity contribution in [2.24, 2.45) is 0 Å². The van der Waals surface area contributed by atoms with E-state index in [0.29, 0.717) is 5.56 Å². The number of carbonyl (C=O) groups excluding carboxylic acids is 1. The summed E-state index contributed by atoms with van der Waals surface area (Å²) in [4.78, 5) is 13.7. The number of phenols is 3. The number of rotatable bonds is 8. The minimum Gasteiger partial charge on any atom is -0.508 e. The number of aliphatic hydroxyl groups is 6. The smallest absolute Gasteiger partial charge is 0.229 e. The van der Waals surface area contributed by atoms with E-state index in [-0.39, 0.29) is 35.5 Å². The van der Waals surface area contributed by atoms with E-state index in [9.17, 15) is 50.8 Å². The van der Waals surface area contributed by atoms with Gasteiger partial charge in [0.25, 0.3) is 0 Å². The molecule has 15 nitrogen and oxygen atoms in total. The zero-order valence-corrected chi connectivity index (χ0v) is 25.8. The number of ketones is 1. The van der Waals surface area contributed by atoms with Crippen molar-refractivity contribution < 1.29 is 74.4 Å². The van der Waals surface area contributed by atoms with Gasteiger partial charge in [-0.1, -0.05) is 23.8 Å². The molecular formula is C32H40O15. The summed E-state index contributed by atoms with van der Waals surface area (Å²) in [5.41, 5.74) is 1.26. The highest BCUT2D eigenvalue weighted by Gasteiger charge is 2.48. The summed E-state index contributed by atoms with van der Waals surface area (Å²) in [6.07, 6.45) is -15.1. The fourth-order valence-electron chi connectivity index (χ4n) is 5.66. The van der Waals surface area contributed by atoms with E-state index in [2.05, 4.69) is 0 Å². The Labute approximate surface area is 269 Å². The summed E-state index contributed by atoms with van der Waals surface area (Å²) < 4.78 is 28.6. The van der Waals surface area contributed by atoms with Gasteiger partial charge < -0.3 is 69.6 Å². The Bertz CT molecular complexity index is 1470. The Hall–Kier alpha value is -3.51. The molecule has 9 N–H and O–H groups in total. The molecule has 3 heterocycles. The highest BCUT2D eigenvalue weighted by atomic mass is 16.7. The Morgan fingerprint density at radius 3 is 2.15 bits per heavy atom. The molecule has 2 aromatic rings. The molecule has 3 aliphatic rings. The topological polar surface area (TPSA) is 245 Å². The zero-order chi connectivity index (χ0) is 34.3. The summed E-state index contributed by atoms with van der Waals surface area (Å²) >= 11 is 0. The molecular weight excluding hydrogens is 624 g/mol. The third kappa shape index (κ3) is 6.90. The van der Waals surface area contributed by atoms with Crippen molar-refractivity contribution in [2.45, 2.75) is 101 Å². The van der Waals surface area contributed by atoms with Gasteiger partial charge in [0.15, 0.2) is 23.6 Å². The predicted molar refractivity (Wildman–Crippen MR) is 159 cm³/mol. The van der Waals surface area contributed by atoms with Crippen LogP contribution in [0.15, 0.2) is 35.9 Å². The third-order valence-electron chi connectivity index (χ3n) is 8.48. The van der Waals surface area contributed by atoms with Crippen LogP contribution in [0.2, 0.25) is 0 Å². The maximum atomic E-state index is 13.7. The van der Waals surface area contributed by atoms with E-state index < -0.39 is 97.2 Å². The Morgan fingerprint density at radius 1 is 0.851 bits per heavy atom. The Morgan fingerprint density at radius 2 is 1.49 bits per heavy atom. The number of hydrogen-bond acceptors (Lipinski definition) is 15. The van der Waals surface area contributed by atoms with E-state index in [1.807, 2.05) is 13.8 Å². The second-order valence-electron chi connectivity index (χ2n) is 12.2. The van der Waals surface area contributed by atoms with Gasteiger partial charge in [0, 0.05) is 5.56 Å². The van der Waals surface area contributed by atoms with Gasteiger partial charge in [-0.25, -0.2) is 0 Å². The summed E-state index contributed by atoms with van der Waals surface area (Å²) in [6, 6.07) is 6.02. The minimum absolute atomic E-state index is 0.00855. The number of aliphatic hydroxyl groups excluding tert-OH is 6. The summed E-state index contributed by atoms with van der Waals surface area (Å²) in [5, 5.41) is 94.2. The van der Waals surface area contributed by atoms with Gasteiger partial charge in [-0.2, -0.15) is 0 Å². The fraction of sp³-hybridized carbons (Fsp3) is 0.531. The maximum absolute atomic E-state index is 13.7. The molecule has 0 amide bonds. The van der Waals surface area contributed by atoms with Crippen LogP contribution in [0, 0.1) is 0 Å². The summed E-state index contributed by atoms with van der Waals surface area (Å²) in [6.45, 7) is 4.51. The van der Waals surface area contributed by atoms with Crippen LogP contribution in [0.3, 0.4) is 0 Å². The number of benzene rings is 2. The first kappa shape index (κ1) is 34.8. The van der Waals surface area contributed by atoms with Crippen LogP contribution < -0.4 is 9.47 Å². The van der Waals surface area contributed by atoms with Crippen LogP contribution in [-0.4, -0.2) is 120 Å². The second-order valence-corrected chi connectivity index (χ2v) is 12.2. The molecule has 3 aliphatic heterocycles. The second kappa shape index (κ2) is 13.9.